The molecule has 10 heteroatoms. The number of sulfonamides is 1. The lowest BCUT2D eigenvalue weighted by molar-refractivity contribution is -0.119. The van der Waals surface area contributed by atoms with E-state index < -0.39 is 15.9 Å². The molecular weight excluding hydrogens is 386 g/mol. The van der Waals surface area contributed by atoms with Crippen LogP contribution in [0.15, 0.2) is 52.5 Å². The maximum Gasteiger partial charge on any atom is 0.276 e. The summed E-state index contributed by atoms with van der Waals surface area (Å²) in [4.78, 5) is 13.0. The second-order valence-electron chi connectivity index (χ2n) is 5.42. The van der Waals surface area contributed by atoms with Gasteiger partial charge in [-0.05, 0) is 55.0 Å². The van der Waals surface area contributed by atoms with Gasteiger partial charge in [0.1, 0.15) is 5.75 Å². The van der Waals surface area contributed by atoms with Crippen LogP contribution in [0, 0.1) is 0 Å². The third-order valence-corrected chi connectivity index (χ3v) is 4.63. The molecule has 3 N–H and O–H groups in total. The Morgan fingerprint density at radius 2 is 1.86 bits per heavy atom. The second-order valence-corrected chi connectivity index (χ2v) is 7.08. The van der Waals surface area contributed by atoms with Gasteiger partial charge in [-0.25, -0.2) is 4.83 Å². The summed E-state index contributed by atoms with van der Waals surface area (Å²) in [6, 6.07) is 10.7. The van der Waals surface area contributed by atoms with Gasteiger partial charge in [0.25, 0.3) is 15.9 Å². The van der Waals surface area contributed by atoms with E-state index in [1.807, 2.05) is 6.92 Å². The minimum absolute atomic E-state index is 0.0564. The van der Waals surface area contributed by atoms with Crippen molar-refractivity contribution in [2.24, 2.45) is 10.8 Å². The molecule has 2 aromatic carbocycles. The van der Waals surface area contributed by atoms with Crippen LogP contribution >= 0.6 is 0 Å². The van der Waals surface area contributed by atoms with Crippen LogP contribution in [0.4, 0.5) is 0 Å². The highest BCUT2D eigenvalue weighted by molar-refractivity contribution is 7.89. The predicted molar refractivity (Wildman–Crippen MR) is 103 cm³/mol. The van der Waals surface area contributed by atoms with Crippen molar-refractivity contribution in [2.45, 2.75) is 11.8 Å². The van der Waals surface area contributed by atoms with Crippen molar-refractivity contribution < 1.29 is 27.4 Å². The van der Waals surface area contributed by atoms with E-state index in [1.54, 1.807) is 30.3 Å². The first-order valence-electron chi connectivity index (χ1n) is 8.22. The molecule has 0 aliphatic heterocycles. The quantitative estimate of drug-likeness (QED) is 0.451. The van der Waals surface area contributed by atoms with E-state index >= 15 is 0 Å². The third-order valence-electron chi connectivity index (χ3n) is 3.39. The molecule has 0 aliphatic carbocycles. The first kappa shape index (κ1) is 21.0. The summed E-state index contributed by atoms with van der Waals surface area (Å²) in [6.45, 7) is 2.04. The Bertz CT molecular complexity index is 942. The van der Waals surface area contributed by atoms with Crippen molar-refractivity contribution in [3.05, 3.63) is 48.0 Å². The molecule has 9 nitrogen and oxygen atoms in total. The van der Waals surface area contributed by atoms with Crippen molar-refractivity contribution in [1.82, 2.24) is 4.83 Å². The van der Waals surface area contributed by atoms with E-state index in [4.69, 9.17) is 19.9 Å². The van der Waals surface area contributed by atoms with Gasteiger partial charge in [0.05, 0.1) is 24.8 Å². The molecule has 0 unspecified atom stereocenters. The number of hydrogen-bond donors (Lipinski definition) is 2. The number of amides is 1. The fraction of sp³-hybridized carbons (Fsp3) is 0.222. The first-order valence-corrected chi connectivity index (χ1v) is 9.71. The van der Waals surface area contributed by atoms with Crippen LogP contribution < -0.4 is 24.8 Å². The van der Waals surface area contributed by atoms with E-state index in [1.165, 1.54) is 25.5 Å². The Labute approximate surface area is 163 Å². The Balaban J connectivity index is 2.07. The van der Waals surface area contributed by atoms with Crippen LogP contribution in [0.2, 0.25) is 0 Å². The number of hydrazone groups is 1. The van der Waals surface area contributed by atoms with E-state index in [0.717, 1.165) is 0 Å². The van der Waals surface area contributed by atoms with Crippen molar-refractivity contribution in [3.8, 4) is 17.2 Å². The average Bonchev–Trinajstić information content (AvgIpc) is 2.67. The summed E-state index contributed by atoms with van der Waals surface area (Å²) in [5, 5.41) is 3.76. The molecule has 1 amide bonds. The number of ether oxygens (including phenoxy) is 3. The molecule has 0 saturated carbocycles. The number of nitrogens with one attached hydrogen (secondary N) is 1. The zero-order valence-electron chi connectivity index (χ0n) is 15.4. The average molecular weight is 407 g/mol. The largest absolute Gasteiger partial charge is 0.494 e. The van der Waals surface area contributed by atoms with E-state index in [0.29, 0.717) is 29.4 Å². The zero-order valence-corrected chi connectivity index (χ0v) is 16.2. The summed E-state index contributed by atoms with van der Waals surface area (Å²) in [6.07, 6.45) is 1.31. The predicted octanol–water partition coefficient (Wildman–Crippen LogP) is 1.27. The lowest BCUT2D eigenvalue weighted by Gasteiger charge is -2.10. The molecule has 0 aliphatic rings. The Morgan fingerprint density at radius 3 is 2.46 bits per heavy atom. The summed E-state index contributed by atoms with van der Waals surface area (Å²) in [5.74, 6) is 0.639. The lowest BCUT2D eigenvalue weighted by atomic mass is 10.2. The number of primary amides is 1. The first-order chi connectivity index (χ1) is 13.4. The number of benzene rings is 2. The SMILES string of the molecule is CCOc1ccc(S(=O)(=O)N/N=C\c2ccc(OCC(N)=O)c(OC)c2)cc1. The Hall–Kier alpha value is -3.27. The van der Waals surface area contributed by atoms with Crippen LogP contribution in [0.25, 0.3) is 0 Å². The molecule has 0 atom stereocenters. The van der Waals surface area contributed by atoms with Crippen molar-refractivity contribution in [2.75, 3.05) is 20.3 Å². The molecule has 28 heavy (non-hydrogen) atoms. The highest BCUT2D eigenvalue weighted by Gasteiger charge is 2.12. The monoisotopic (exact) mass is 407 g/mol. The normalized spacial score (nSPS) is 11.2. The molecule has 2 aromatic rings. The molecule has 0 heterocycles. The lowest BCUT2D eigenvalue weighted by Crippen LogP contribution is -2.20. The minimum atomic E-state index is -3.81. The molecule has 0 aromatic heterocycles. The maximum absolute atomic E-state index is 12.3. The number of rotatable bonds is 10. The molecule has 0 saturated heterocycles. The smallest absolute Gasteiger partial charge is 0.276 e. The number of nitrogens with two attached hydrogens (primary N) is 1. The summed E-state index contributed by atoms with van der Waals surface area (Å²) < 4.78 is 40.2. The van der Waals surface area contributed by atoms with Crippen LogP contribution in [0.1, 0.15) is 12.5 Å². The van der Waals surface area contributed by atoms with Gasteiger partial charge in [0.15, 0.2) is 18.1 Å². The molecule has 150 valence electrons. The van der Waals surface area contributed by atoms with Gasteiger partial charge in [0, 0.05) is 0 Å². The van der Waals surface area contributed by atoms with Gasteiger partial charge < -0.3 is 19.9 Å². The summed E-state index contributed by atoms with van der Waals surface area (Å²) in [5.41, 5.74) is 5.59. The van der Waals surface area contributed by atoms with Crippen LogP contribution in [0.5, 0.6) is 17.2 Å². The van der Waals surface area contributed by atoms with Gasteiger partial charge in [-0.15, -0.1) is 0 Å². The highest BCUT2D eigenvalue weighted by Crippen LogP contribution is 2.27. The summed E-state index contributed by atoms with van der Waals surface area (Å²) >= 11 is 0. The number of nitrogens with zero attached hydrogens (tertiary/aromatic N) is 1. The van der Waals surface area contributed by atoms with E-state index in [2.05, 4.69) is 9.93 Å². The molecule has 0 spiro atoms. The topological polar surface area (TPSA) is 129 Å². The van der Waals surface area contributed by atoms with E-state index in [-0.39, 0.29) is 11.5 Å². The second kappa shape index (κ2) is 9.60. The van der Waals surface area contributed by atoms with Gasteiger partial charge >= 0.3 is 0 Å². The van der Waals surface area contributed by atoms with Crippen LogP contribution in [-0.4, -0.2) is 40.9 Å². The van der Waals surface area contributed by atoms with Gasteiger partial charge in [-0.1, -0.05) is 0 Å². The number of methoxy groups -OCH3 is 1. The Kier molecular flexibility index (Phi) is 7.21. The van der Waals surface area contributed by atoms with Gasteiger partial charge in [-0.2, -0.15) is 13.5 Å². The standard InChI is InChI=1S/C18H21N3O6S/c1-3-26-14-5-7-15(8-6-14)28(23,24)21-20-11-13-4-9-16(17(10-13)25-2)27-12-18(19)22/h4-11,21H,3,12H2,1-2H3,(H2,19,22)/b20-11-. The fourth-order valence-electron chi connectivity index (χ4n) is 2.14. The number of hydrogen-bond acceptors (Lipinski definition) is 7. The minimum Gasteiger partial charge on any atom is -0.494 e. The van der Waals surface area contributed by atoms with Crippen molar-refractivity contribution in [1.29, 1.82) is 0 Å². The molecular formula is C18H21N3O6S. The molecule has 0 fully saturated rings. The van der Waals surface area contributed by atoms with Gasteiger partial charge in [0.2, 0.25) is 0 Å². The Morgan fingerprint density at radius 1 is 1.14 bits per heavy atom. The van der Waals surface area contributed by atoms with Crippen molar-refractivity contribution >= 4 is 22.1 Å². The fourth-order valence-corrected chi connectivity index (χ4v) is 2.93. The van der Waals surface area contributed by atoms with Crippen molar-refractivity contribution in [3.63, 3.8) is 0 Å². The van der Waals surface area contributed by atoms with Gasteiger partial charge in [-0.3, -0.25) is 4.79 Å². The maximum atomic E-state index is 12.3. The summed E-state index contributed by atoms with van der Waals surface area (Å²) in [7, 11) is -2.38. The van der Waals surface area contributed by atoms with Crippen LogP contribution in [-0.2, 0) is 14.8 Å². The molecule has 0 bridgehead atoms. The molecule has 0 radical (unpaired) electrons. The van der Waals surface area contributed by atoms with Crippen LogP contribution in [0.3, 0.4) is 0 Å². The highest BCUT2D eigenvalue weighted by atomic mass is 32.2. The third kappa shape index (κ3) is 5.88. The zero-order chi connectivity index (χ0) is 20.6. The van der Waals surface area contributed by atoms with E-state index in [9.17, 15) is 13.2 Å². The number of carbonyl (C=O) groups is 1. The molecule has 2 rings (SSSR count). The number of carbonyl (C=O) groups excluding carboxylic acids is 1.